The number of piperazine rings is 1. The van der Waals surface area contributed by atoms with Gasteiger partial charge in [0.05, 0.1) is 11.4 Å². The molecule has 178 valence electrons. The van der Waals surface area contributed by atoms with Crippen molar-refractivity contribution in [1.82, 2.24) is 14.2 Å². The molecular formula is C22H27FN4O5S. The topological polar surface area (TPSA) is 111 Å². The number of amides is 1. The van der Waals surface area contributed by atoms with Gasteiger partial charge in [-0.05, 0) is 38.0 Å². The number of aromatic nitrogens is 1. The number of halogens is 1. The van der Waals surface area contributed by atoms with E-state index in [0.717, 1.165) is 22.3 Å². The van der Waals surface area contributed by atoms with Crippen LogP contribution < -0.4 is 4.90 Å². The van der Waals surface area contributed by atoms with Gasteiger partial charge in [0.1, 0.15) is 5.82 Å². The summed E-state index contributed by atoms with van der Waals surface area (Å²) in [5.74, 6) is -2.32. The number of carbonyl (C=O) groups excluding carboxylic acids is 1. The first-order valence-electron chi connectivity index (χ1n) is 11.0. The maximum atomic E-state index is 13.5. The van der Waals surface area contributed by atoms with E-state index in [1.165, 1.54) is 12.1 Å². The van der Waals surface area contributed by atoms with Gasteiger partial charge in [0.15, 0.2) is 5.25 Å². The summed E-state index contributed by atoms with van der Waals surface area (Å²) >= 11 is 0. The third-order valence-corrected chi connectivity index (χ3v) is 8.65. The minimum atomic E-state index is -4.00. The lowest BCUT2D eigenvalue weighted by Gasteiger charge is -2.39. The number of fused-ring (bicyclic) bond motifs is 1. The van der Waals surface area contributed by atoms with Gasteiger partial charge in [-0.2, -0.15) is 0 Å². The average molecular weight is 479 g/mol. The van der Waals surface area contributed by atoms with Crippen molar-refractivity contribution in [3.05, 3.63) is 36.3 Å². The number of anilines is 1. The molecule has 2 saturated heterocycles. The molecular weight excluding hydrogens is 451 g/mol. The maximum Gasteiger partial charge on any atom is 0.323 e. The van der Waals surface area contributed by atoms with Gasteiger partial charge in [-0.25, -0.2) is 17.1 Å². The molecule has 1 amide bonds. The fourth-order valence-electron chi connectivity index (χ4n) is 4.53. The summed E-state index contributed by atoms with van der Waals surface area (Å²) in [7, 11) is -4.00. The molecule has 4 rings (SSSR count). The maximum absolute atomic E-state index is 13.5. The number of nitrogens with zero attached hydrogens (tertiary/aromatic N) is 4. The van der Waals surface area contributed by atoms with Gasteiger partial charge in [-0.3, -0.25) is 14.6 Å². The van der Waals surface area contributed by atoms with E-state index in [4.69, 9.17) is 5.11 Å². The van der Waals surface area contributed by atoms with Gasteiger partial charge < -0.3 is 14.9 Å². The second kappa shape index (κ2) is 9.22. The largest absolute Gasteiger partial charge is 0.480 e. The number of sulfonamides is 1. The number of hydrogen-bond donors (Lipinski definition) is 1. The number of carbonyl (C=O) groups is 2. The third kappa shape index (κ3) is 4.65. The molecule has 2 aromatic rings. The van der Waals surface area contributed by atoms with E-state index in [1.807, 2.05) is 6.07 Å². The van der Waals surface area contributed by atoms with Crippen LogP contribution in [0.5, 0.6) is 0 Å². The van der Waals surface area contributed by atoms with Crippen LogP contribution in [0.25, 0.3) is 10.9 Å². The van der Waals surface area contributed by atoms with Crippen molar-refractivity contribution in [2.75, 3.05) is 44.2 Å². The second-order valence-corrected chi connectivity index (χ2v) is 10.8. The second-order valence-electron chi connectivity index (χ2n) is 8.53. The Balaban J connectivity index is 1.41. The summed E-state index contributed by atoms with van der Waals surface area (Å²) in [5, 5.41) is 8.42. The molecule has 2 aliphatic heterocycles. The van der Waals surface area contributed by atoms with Gasteiger partial charge in [0.2, 0.25) is 15.9 Å². The van der Waals surface area contributed by atoms with Crippen LogP contribution in [-0.2, 0) is 19.6 Å². The molecule has 9 nitrogen and oxygen atoms in total. The third-order valence-electron chi connectivity index (χ3n) is 6.50. The highest BCUT2D eigenvalue weighted by atomic mass is 32.2. The van der Waals surface area contributed by atoms with Crippen molar-refractivity contribution in [2.45, 2.75) is 25.0 Å². The van der Waals surface area contributed by atoms with Crippen molar-refractivity contribution in [2.24, 2.45) is 5.92 Å². The van der Waals surface area contributed by atoms with Gasteiger partial charge in [-0.1, -0.05) is 0 Å². The normalized spacial score (nSPS) is 21.2. The highest BCUT2D eigenvalue weighted by Gasteiger charge is 2.39. The van der Waals surface area contributed by atoms with E-state index < -0.39 is 27.2 Å². The van der Waals surface area contributed by atoms with Crippen LogP contribution in [0, 0.1) is 11.7 Å². The zero-order valence-corrected chi connectivity index (χ0v) is 19.2. The summed E-state index contributed by atoms with van der Waals surface area (Å²) in [4.78, 5) is 32.4. The Morgan fingerprint density at radius 3 is 2.58 bits per heavy atom. The monoisotopic (exact) mass is 478 g/mol. The minimum Gasteiger partial charge on any atom is -0.480 e. The molecule has 1 aromatic carbocycles. The highest BCUT2D eigenvalue weighted by Crippen LogP contribution is 2.28. The number of carboxylic acid groups (broad SMARTS) is 1. The lowest BCUT2D eigenvalue weighted by atomic mass is 9.97. The first kappa shape index (κ1) is 23.4. The summed E-state index contributed by atoms with van der Waals surface area (Å²) in [6.07, 6.45) is 2.73. The number of rotatable bonds is 5. The summed E-state index contributed by atoms with van der Waals surface area (Å²) in [6, 6.07) is 6.39. The Labute approximate surface area is 191 Å². The van der Waals surface area contributed by atoms with Crippen LogP contribution in [-0.4, -0.2) is 84.1 Å². The van der Waals surface area contributed by atoms with Crippen molar-refractivity contribution in [3.63, 3.8) is 0 Å². The van der Waals surface area contributed by atoms with Crippen LogP contribution in [0.4, 0.5) is 10.1 Å². The fourth-order valence-corrected chi connectivity index (χ4v) is 6.01. The molecule has 0 saturated carbocycles. The zero-order valence-electron chi connectivity index (χ0n) is 18.4. The van der Waals surface area contributed by atoms with Gasteiger partial charge in [-0.15, -0.1) is 0 Å². The smallest absolute Gasteiger partial charge is 0.323 e. The van der Waals surface area contributed by atoms with Gasteiger partial charge in [0.25, 0.3) is 0 Å². The molecule has 0 bridgehead atoms. The number of carboxylic acids is 1. The van der Waals surface area contributed by atoms with E-state index in [9.17, 15) is 22.4 Å². The van der Waals surface area contributed by atoms with E-state index in [1.54, 1.807) is 17.2 Å². The lowest BCUT2D eigenvalue weighted by Crippen LogP contribution is -2.54. The molecule has 1 N–H and O–H groups in total. The predicted octanol–water partition coefficient (Wildman–Crippen LogP) is 1.54. The standard InChI is InChI=1S/C22H27FN4O5S/c1-15(22(29)30)33(31,32)27-8-2-3-16(14-27)21(28)26-11-9-25(10-12-26)20-6-7-24-19-13-17(23)4-5-18(19)20/h4-7,13,15-16H,2-3,8-12,14H2,1H3,(H,29,30). The molecule has 0 aliphatic carbocycles. The van der Waals surface area contributed by atoms with Crippen LogP contribution >= 0.6 is 0 Å². The van der Waals surface area contributed by atoms with E-state index in [-0.39, 0.29) is 24.8 Å². The number of benzene rings is 1. The quantitative estimate of drug-likeness (QED) is 0.694. The van der Waals surface area contributed by atoms with E-state index >= 15 is 0 Å². The first-order chi connectivity index (χ1) is 15.7. The molecule has 2 atom stereocenters. The number of piperidine rings is 1. The van der Waals surface area contributed by atoms with Gasteiger partial charge in [0, 0.05) is 62.6 Å². The molecule has 11 heteroatoms. The van der Waals surface area contributed by atoms with Gasteiger partial charge >= 0.3 is 5.97 Å². The van der Waals surface area contributed by atoms with Crippen LogP contribution in [0.3, 0.4) is 0 Å². The van der Waals surface area contributed by atoms with E-state index in [2.05, 4.69) is 9.88 Å². The summed E-state index contributed by atoms with van der Waals surface area (Å²) in [6.45, 7) is 3.55. The van der Waals surface area contributed by atoms with Crippen LogP contribution in [0.1, 0.15) is 19.8 Å². The SMILES string of the molecule is CC(C(=O)O)S(=O)(=O)N1CCCC(C(=O)N2CCN(c3ccnc4cc(F)ccc34)CC2)C1. The highest BCUT2D eigenvalue weighted by molar-refractivity contribution is 7.90. The summed E-state index contributed by atoms with van der Waals surface area (Å²) in [5.41, 5.74) is 1.51. The van der Waals surface area contributed by atoms with Crippen LogP contribution in [0.15, 0.2) is 30.5 Å². The summed E-state index contributed by atoms with van der Waals surface area (Å²) < 4.78 is 39.9. The minimum absolute atomic E-state index is 0.0134. The molecule has 1 aromatic heterocycles. The molecule has 2 fully saturated rings. The Bertz CT molecular complexity index is 1170. The zero-order chi connectivity index (χ0) is 23.8. The molecule has 3 heterocycles. The molecule has 0 spiro atoms. The lowest BCUT2D eigenvalue weighted by molar-refractivity contribution is -0.137. The van der Waals surface area contributed by atoms with Crippen molar-refractivity contribution < 1.29 is 27.5 Å². The number of hydrogen-bond acceptors (Lipinski definition) is 6. The molecule has 2 aliphatic rings. The number of pyridine rings is 1. The fraction of sp³-hybridized carbons (Fsp3) is 0.500. The number of aliphatic carboxylic acids is 1. The predicted molar refractivity (Wildman–Crippen MR) is 121 cm³/mol. The molecule has 2 unspecified atom stereocenters. The Kier molecular flexibility index (Phi) is 6.53. The molecule has 0 radical (unpaired) electrons. The Hall–Kier alpha value is -2.79. The van der Waals surface area contributed by atoms with E-state index in [0.29, 0.717) is 44.5 Å². The Morgan fingerprint density at radius 1 is 1.15 bits per heavy atom. The van der Waals surface area contributed by atoms with Crippen molar-refractivity contribution >= 4 is 38.5 Å². The Morgan fingerprint density at radius 2 is 1.88 bits per heavy atom. The molecule has 33 heavy (non-hydrogen) atoms. The van der Waals surface area contributed by atoms with Crippen molar-refractivity contribution in [3.8, 4) is 0 Å². The van der Waals surface area contributed by atoms with Crippen LogP contribution in [0.2, 0.25) is 0 Å². The average Bonchev–Trinajstić information content (AvgIpc) is 2.82. The first-order valence-corrected chi connectivity index (χ1v) is 12.5. The van der Waals surface area contributed by atoms with Crippen molar-refractivity contribution in [1.29, 1.82) is 0 Å².